The zero-order valence-corrected chi connectivity index (χ0v) is 12.3. The number of nitrogens with zero attached hydrogens (tertiary/aromatic N) is 2. The predicted molar refractivity (Wildman–Crippen MR) is 78.0 cm³/mol. The Labute approximate surface area is 117 Å². The fourth-order valence-electron chi connectivity index (χ4n) is 2.31. The number of terminal acetylenes is 1. The van der Waals surface area contributed by atoms with Crippen LogP contribution < -0.4 is 0 Å². The number of likely N-dealkylation sites (tertiary alicyclic amines) is 2. The lowest BCUT2D eigenvalue weighted by molar-refractivity contribution is 0.0307. The summed E-state index contributed by atoms with van der Waals surface area (Å²) in [6.45, 7) is 4.85. The van der Waals surface area contributed by atoms with Crippen LogP contribution in [0.2, 0.25) is 0 Å². The van der Waals surface area contributed by atoms with Gasteiger partial charge in [-0.1, -0.05) is 5.92 Å². The molecule has 4 nitrogen and oxygen atoms in total. The molecule has 0 aromatic carbocycles. The molecule has 0 aromatic heterocycles. The highest BCUT2D eigenvalue weighted by Gasteiger charge is 2.16. The lowest BCUT2D eigenvalue weighted by Gasteiger charge is -2.28. The Morgan fingerprint density at radius 2 is 1.53 bits per heavy atom. The molecule has 19 heavy (non-hydrogen) atoms. The van der Waals surface area contributed by atoms with Crippen molar-refractivity contribution in [2.75, 3.05) is 46.9 Å². The smallest absolute Gasteiger partial charge is 0.107 e. The average molecular weight is 268 g/mol. The van der Waals surface area contributed by atoms with Gasteiger partial charge in [0.25, 0.3) is 0 Å². The molecule has 0 spiro atoms. The number of hydrogen-bond acceptors (Lipinski definition) is 4. The standard InChI is InChI=1S/C9H15NO.C6H13NO/c1-3-8-11-9-4-6-10(2)7-5-9;1-7-4-2-6(8)3-5-7/h1,9H,4-8H2,2H3;6,8H,2-5H2,1H3. The molecular formula is C15H28N2O2. The Morgan fingerprint density at radius 1 is 1.05 bits per heavy atom. The van der Waals surface area contributed by atoms with Crippen molar-refractivity contribution in [1.82, 2.24) is 9.80 Å². The minimum absolute atomic E-state index is 0.0220. The molecule has 2 aliphatic heterocycles. The second-order valence-corrected chi connectivity index (χ2v) is 5.55. The van der Waals surface area contributed by atoms with Crippen molar-refractivity contribution in [3.05, 3.63) is 0 Å². The third-order valence-corrected chi connectivity index (χ3v) is 3.76. The van der Waals surface area contributed by atoms with Gasteiger partial charge >= 0.3 is 0 Å². The van der Waals surface area contributed by atoms with Gasteiger partial charge in [-0.3, -0.25) is 0 Å². The van der Waals surface area contributed by atoms with Gasteiger partial charge in [-0.2, -0.15) is 0 Å². The number of piperidine rings is 2. The van der Waals surface area contributed by atoms with Crippen LogP contribution in [0.25, 0.3) is 0 Å². The molecule has 1 N–H and O–H groups in total. The van der Waals surface area contributed by atoms with Crippen molar-refractivity contribution in [3.63, 3.8) is 0 Å². The minimum Gasteiger partial charge on any atom is -0.393 e. The molecule has 0 unspecified atom stereocenters. The highest BCUT2D eigenvalue weighted by Crippen LogP contribution is 2.11. The molecule has 4 heteroatoms. The van der Waals surface area contributed by atoms with Gasteiger partial charge in [0.1, 0.15) is 6.61 Å². The van der Waals surface area contributed by atoms with Crippen molar-refractivity contribution in [1.29, 1.82) is 0 Å². The molecule has 110 valence electrons. The van der Waals surface area contributed by atoms with Crippen molar-refractivity contribution < 1.29 is 9.84 Å². The SMILES string of the molecule is C#CCOC1CCN(C)CC1.CN1CCC(O)CC1. The summed E-state index contributed by atoms with van der Waals surface area (Å²) in [5.41, 5.74) is 0. The van der Waals surface area contributed by atoms with Crippen molar-refractivity contribution in [2.24, 2.45) is 0 Å². The summed E-state index contributed by atoms with van der Waals surface area (Å²) in [5, 5.41) is 9.00. The Hall–Kier alpha value is -0.600. The van der Waals surface area contributed by atoms with E-state index in [1.807, 2.05) is 0 Å². The summed E-state index contributed by atoms with van der Waals surface area (Å²) in [6, 6.07) is 0. The quantitative estimate of drug-likeness (QED) is 0.752. The van der Waals surface area contributed by atoms with Crippen LogP contribution in [-0.2, 0) is 4.74 Å². The van der Waals surface area contributed by atoms with Gasteiger partial charge in [0, 0.05) is 26.2 Å². The zero-order chi connectivity index (χ0) is 14.1. The number of aliphatic hydroxyl groups excluding tert-OH is 1. The van der Waals surface area contributed by atoms with Crippen LogP contribution in [0.1, 0.15) is 25.7 Å². The van der Waals surface area contributed by atoms with Gasteiger partial charge in [-0.05, 0) is 39.8 Å². The van der Waals surface area contributed by atoms with E-state index in [9.17, 15) is 0 Å². The van der Waals surface area contributed by atoms with E-state index in [4.69, 9.17) is 16.3 Å². The van der Waals surface area contributed by atoms with Gasteiger partial charge in [0.05, 0.1) is 12.2 Å². The van der Waals surface area contributed by atoms with Gasteiger partial charge in [0.15, 0.2) is 0 Å². The number of rotatable bonds is 2. The van der Waals surface area contributed by atoms with Gasteiger partial charge in [-0.15, -0.1) is 6.42 Å². The highest BCUT2D eigenvalue weighted by atomic mass is 16.5. The predicted octanol–water partition coefficient (Wildman–Crippen LogP) is 0.803. The van der Waals surface area contributed by atoms with Gasteiger partial charge < -0.3 is 19.6 Å². The minimum atomic E-state index is -0.0220. The van der Waals surface area contributed by atoms with E-state index in [1.54, 1.807) is 0 Å². The summed E-state index contributed by atoms with van der Waals surface area (Å²) >= 11 is 0. The molecule has 0 aliphatic carbocycles. The normalized spacial score (nSPS) is 23.5. The molecule has 2 fully saturated rings. The molecule has 0 radical (unpaired) electrons. The average Bonchev–Trinajstić information content (AvgIpc) is 2.42. The van der Waals surface area contributed by atoms with Gasteiger partial charge in [0.2, 0.25) is 0 Å². The molecule has 2 heterocycles. The second kappa shape index (κ2) is 9.33. The summed E-state index contributed by atoms with van der Waals surface area (Å²) in [7, 11) is 4.23. The van der Waals surface area contributed by atoms with Crippen LogP contribution in [0, 0.1) is 12.3 Å². The Balaban J connectivity index is 0.000000200. The first-order valence-corrected chi connectivity index (χ1v) is 7.22. The summed E-state index contributed by atoms with van der Waals surface area (Å²) < 4.78 is 5.42. The van der Waals surface area contributed by atoms with E-state index in [2.05, 4.69) is 29.8 Å². The van der Waals surface area contributed by atoms with Crippen LogP contribution in [0.3, 0.4) is 0 Å². The maximum absolute atomic E-state index is 9.00. The van der Waals surface area contributed by atoms with Crippen molar-refractivity contribution in [2.45, 2.75) is 37.9 Å². The maximum Gasteiger partial charge on any atom is 0.107 e. The summed E-state index contributed by atoms with van der Waals surface area (Å²) in [4.78, 5) is 4.56. The molecule has 2 saturated heterocycles. The van der Waals surface area contributed by atoms with Crippen molar-refractivity contribution in [3.8, 4) is 12.3 Å². The monoisotopic (exact) mass is 268 g/mol. The molecule has 0 amide bonds. The molecule has 0 saturated carbocycles. The van der Waals surface area contributed by atoms with E-state index in [0.29, 0.717) is 12.7 Å². The van der Waals surface area contributed by atoms with Crippen LogP contribution in [-0.4, -0.2) is 74.0 Å². The molecule has 0 bridgehead atoms. The van der Waals surface area contributed by atoms with E-state index >= 15 is 0 Å². The number of ether oxygens (including phenoxy) is 1. The zero-order valence-electron chi connectivity index (χ0n) is 12.3. The third-order valence-electron chi connectivity index (χ3n) is 3.76. The first-order valence-electron chi connectivity index (χ1n) is 7.22. The highest BCUT2D eigenvalue weighted by molar-refractivity contribution is 4.84. The Bertz CT molecular complexity index is 252. The largest absolute Gasteiger partial charge is 0.393 e. The first kappa shape index (κ1) is 16.5. The van der Waals surface area contributed by atoms with E-state index in [1.165, 1.54) is 0 Å². The first-order chi connectivity index (χ1) is 9.11. The van der Waals surface area contributed by atoms with Crippen LogP contribution in [0.5, 0.6) is 0 Å². The molecular weight excluding hydrogens is 240 g/mol. The van der Waals surface area contributed by atoms with Crippen LogP contribution in [0.4, 0.5) is 0 Å². The summed E-state index contributed by atoms with van der Waals surface area (Å²) in [6.07, 6.45) is 9.63. The maximum atomic E-state index is 9.00. The summed E-state index contributed by atoms with van der Waals surface area (Å²) in [5.74, 6) is 2.49. The number of aliphatic hydroxyl groups is 1. The molecule has 2 aliphatic rings. The Kier molecular flexibility index (Phi) is 8.08. The molecule has 0 atom stereocenters. The topological polar surface area (TPSA) is 35.9 Å². The van der Waals surface area contributed by atoms with Crippen LogP contribution in [0.15, 0.2) is 0 Å². The fourth-order valence-corrected chi connectivity index (χ4v) is 2.31. The van der Waals surface area contributed by atoms with E-state index in [-0.39, 0.29) is 6.10 Å². The lowest BCUT2D eigenvalue weighted by atomic mass is 10.1. The Morgan fingerprint density at radius 3 is 1.95 bits per heavy atom. The van der Waals surface area contributed by atoms with Crippen LogP contribution >= 0.6 is 0 Å². The lowest BCUT2D eigenvalue weighted by Crippen LogP contribution is -2.34. The second-order valence-electron chi connectivity index (χ2n) is 5.55. The van der Waals surface area contributed by atoms with E-state index < -0.39 is 0 Å². The van der Waals surface area contributed by atoms with E-state index in [0.717, 1.165) is 51.9 Å². The number of hydrogen-bond donors (Lipinski definition) is 1. The molecule has 2 rings (SSSR count). The third kappa shape index (κ3) is 7.54. The molecule has 0 aromatic rings. The van der Waals surface area contributed by atoms with Crippen molar-refractivity contribution >= 4 is 0 Å². The fraction of sp³-hybridized carbons (Fsp3) is 0.867. The van der Waals surface area contributed by atoms with Gasteiger partial charge in [-0.25, -0.2) is 0 Å².